The highest BCUT2D eigenvalue weighted by atomic mass is 35.5. The number of benzene rings is 2. The van der Waals surface area contributed by atoms with Crippen LogP contribution in [0, 0.1) is 32.1 Å². The Kier molecular flexibility index (Phi) is 5.92. The van der Waals surface area contributed by atoms with Crippen LogP contribution in [0.3, 0.4) is 0 Å². The molecule has 0 amide bonds. The summed E-state index contributed by atoms with van der Waals surface area (Å²) >= 11 is 12.3. The Balaban J connectivity index is 1.83. The van der Waals surface area contributed by atoms with Gasteiger partial charge in [-0.2, -0.15) is 10.4 Å². The fraction of sp³-hybridized carbons (Fsp3) is 0.160. The van der Waals surface area contributed by atoms with Crippen molar-refractivity contribution in [2.75, 3.05) is 0 Å². The van der Waals surface area contributed by atoms with Gasteiger partial charge in [-0.15, -0.1) is 0 Å². The Bertz CT molecular complexity index is 1440. The first-order chi connectivity index (χ1) is 15.3. The van der Waals surface area contributed by atoms with Crippen LogP contribution in [0.15, 0.2) is 54.1 Å². The van der Waals surface area contributed by atoms with Gasteiger partial charge in [0.15, 0.2) is 0 Å². The van der Waals surface area contributed by atoms with Crippen LogP contribution >= 0.6 is 23.2 Å². The van der Waals surface area contributed by atoms with Gasteiger partial charge in [0, 0.05) is 34.4 Å². The van der Waals surface area contributed by atoms with E-state index in [2.05, 4.69) is 15.7 Å². The Morgan fingerprint density at radius 2 is 1.84 bits per heavy atom. The number of fused-ring (bicyclic) bond motifs is 1. The third kappa shape index (κ3) is 3.95. The van der Waals surface area contributed by atoms with Crippen LogP contribution in [-0.4, -0.2) is 20.3 Å². The molecule has 0 fully saturated rings. The average Bonchev–Trinajstić information content (AvgIpc) is 3.24. The summed E-state index contributed by atoms with van der Waals surface area (Å²) in [6.07, 6.45) is 1.65. The molecule has 0 radical (unpaired) electrons. The molecule has 2 aromatic heterocycles. The molecule has 0 unspecified atom stereocenters. The average molecular weight is 463 g/mol. The van der Waals surface area contributed by atoms with Gasteiger partial charge in [-0.1, -0.05) is 47.5 Å². The highest BCUT2D eigenvalue weighted by Gasteiger charge is 2.19. The van der Waals surface area contributed by atoms with Crippen molar-refractivity contribution in [1.29, 1.82) is 5.26 Å². The summed E-state index contributed by atoms with van der Waals surface area (Å²) in [5.74, 6) is -0.446. The predicted molar refractivity (Wildman–Crippen MR) is 128 cm³/mol. The lowest BCUT2D eigenvalue weighted by Crippen LogP contribution is -2.15. The van der Waals surface area contributed by atoms with Crippen LogP contribution in [0.1, 0.15) is 33.0 Å². The number of hydrogen-bond acceptors (Lipinski definition) is 3. The van der Waals surface area contributed by atoms with Crippen molar-refractivity contribution >= 4 is 46.1 Å². The second-order valence-electron chi connectivity index (χ2n) is 7.66. The zero-order valence-electron chi connectivity index (χ0n) is 17.9. The van der Waals surface area contributed by atoms with Gasteiger partial charge in [0.25, 0.3) is 5.91 Å². The first kappa shape index (κ1) is 21.9. The number of halogens is 2. The molecule has 0 saturated carbocycles. The second-order valence-corrected chi connectivity index (χ2v) is 8.48. The standard InChI is InChI=1S/C25H20Cl2N4O/c1-15-10-16(2)31(29-15)25(32)19(13-28)12-21-17(3)30(24-7-5-4-6-20(21)24)14-18-8-9-22(26)23(27)11-18/h4-12H,14H2,1-3H3/b19-12+. The molecule has 160 valence electrons. The molecule has 4 aromatic rings. The second kappa shape index (κ2) is 8.66. The summed E-state index contributed by atoms with van der Waals surface area (Å²) in [5.41, 5.74) is 5.20. The molecule has 0 aliphatic rings. The van der Waals surface area contributed by atoms with E-state index in [0.717, 1.165) is 33.4 Å². The molecule has 4 rings (SSSR count). The Morgan fingerprint density at radius 1 is 1.09 bits per heavy atom. The van der Waals surface area contributed by atoms with Gasteiger partial charge in [0.05, 0.1) is 15.7 Å². The van der Waals surface area contributed by atoms with Crippen LogP contribution < -0.4 is 0 Å². The molecule has 0 aliphatic heterocycles. The van der Waals surface area contributed by atoms with Gasteiger partial charge in [-0.3, -0.25) is 4.79 Å². The SMILES string of the molecule is Cc1cc(C)n(C(=O)/C(C#N)=C/c2c(C)n(Cc3ccc(Cl)c(Cl)c3)c3ccccc23)n1. The minimum Gasteiger partial charge on any atom is -0.340 e. The van der Waals surface area contributed by atoms with Crippen molar-refractivity contribution in [3.8, 4) is 6.07 Å². The maximum atomic E-state index is 13.0. The van der Waals surface area contributed by atoms with Gasteiger partial charge in [0.1, 0.15) is 11.6 Å². The molecule has 2 aromatic carbocycles. The monoisotopic (exact) mass is 462 g/mol. The zero-order chi connectivity index (χ0) is 23.0. The van der Waals surface area contributed by atoms with Crippen molar-refractivity contribution in [3.63, 3.8) is 0 Å². The van der Waals surface area contributed by atoms with Crippen molar-refractivity contribution < 1.29 is 4.79 Å². The smallest absolute Gasteiger partial charge is 0.289 e. The fourth-order valence-electron chi connectivity index (χ4n) is 3.90. The van der Waals surface area contributed by atoms with Crippen LogP contribution in [0.25, 0.3) is 17.0 Å². The normalized spacial score (nSPS) is 11.7. The van der Waals surface area contributed by atoms with Gasteiger partial charge in [0.2, 0.25) is 0 Å². The zero-order valence-corrected chi connectivity index (χ0v) is 19.4. The number of hydrogen-bond donors (Lipinski definition) is 0. The van der Waals surface area contributed by atoms with Crippen LogP contribution in [0.4, 0.5) is 0 Å². The van der Waals surface area contributed by atoms with E-state index in [9.17, 15) is 10.1 Å². The van der Waals surface area contributed by atoms with E-state index in [4.69, 9.17) is 23.2 Å². The Hall–Kier alpha value is -3.33. The van der Waals surface area contributed by atoms with Crippen molar-refractivity contribution in [3.05, 3.63) is 92.4 Å². The molecule has 0 atom stereocenters. The molecule has 0 bridgehead atoms. The molecule has 0 spiro atoms. The summed E-state index contributed by atoms with van der Waals surface area (Å²) in [6, 6.07) is 17.3. The van der Waals surface area contributed by atoms with Gasteiger partial charge >= 0.3 is 0 Å². The summed E-state index contributed by atoms with van der Waals surface area (Å²) in [7, 11) is 0. The van der Waals surface area contributed by atoms with Gasteiger partial charge in [-0.05, 0) is 56.7 Å². The number of aryl methyl sites for hydroxylation is 2. The van der Waals surface area contributed by atoms with E-state index in [1.807, 2.05) is 50.2 Å². The quantitative estimate of drug-likeness (QED) is 0.261. The minimum atomic E-state index is -0.446. The third-order valence-electron chi connectivity index (χ3n) is 5.45. The number of rotatable bonds is 4. The van der Waals surface area contributed by atoms with E-state index < -0.39 is 5.91 Å². The van der Waals surface area contributed by atoms with Crippen molar-refractivity contribution in [1.82, 2.24) is 14.3 Å². The molecule has 0 N–H and O–H groups in total. The maximum Gasteiger partial charge on any atom is 0.289 e. The van der Waals surface area contributed by atoms with Crippen LogP contribution in [-0.2, 0) is 6.54 Å². The molecular formula is C25H20Cl2N4O. The highest BCUT2D eigenvalue weighted by molar-refractivity contribution is 6.42. The number of nitrogens with zero attached hydrogens (tertiary/aromatic N) is 4. The van der Waals surface area contributed by atoms with Crippen molar-refractivity contribution in [2.45, 2.75) is 27.3 Å². The molecule has 32 heavy (non-hydrogen) atoms. The lowest BCUT2D eigenvalue weighted by Gasteiger charge is -2.10. The van der Waals surface area contributed by atoms with Crippen LogP contribution in [0.2, 0.25) is 10.0 Å². The summed E-state index contributed by atoms with van der Waals surface area (Å²) in [6.45, 7) is 6.16. The molecule has 0 saturated heterocycles. The van der Waals surface area contributed by atoms with E-state index in [1.165, 1.54) is 4.68 Å². The predicted octanol–water partition coefficient (Wildman–Crippen LogP) is 6.37. The number of allylic oxidation sites excluding steroid dienone is 1. The molecule has 7 heteroatoms. The Morgan fingerprint density at radius 3 is 2.50 bits per heavy atom. The number of carbonyl (C=O) groups excluding carboxylic acids is 1. The summed E-state index contributed by atoms with van der Waals surface area (Å²) in [4.78, 5) is 13.0. The van der Waals surface area contributed by atoms with Gasteiger partial charge in [-0.25, -0.2) is 4.68 Å². The Labute approximate surface area is 196 Å². The lowest BCUT2D eigenvalue weighted by atomic mass is 10.1. The largest absolute Gasteiger partial charge is 0.340 e. The lowest BCUT2D eigenvalue weighted by molar-refractivity contribution is 0.0944. The highest BCUT2D eigenvalue weighted by Crippen LogP contribution is 2.30. The first-order valence-electron chi connectivity index (χ1n) is 10.0. The number of para-hydroxylation sites is 1. The van der Waals surface area contributed by atoms with Gasteiger partial charge < -0.3 is 4.57 Å². The molecule has 5 nitrogen and oxygen atoms in total. The van der Waals surface area contributed by atoms with E-state index >= 15 is 0 Å². The minimum absolute atomic E-state index is 0.0248. The summed E-state index contributed by atoms with van der Waals surface area (Å²) < 4.78 is 3.41. The molecule has 0 aliphatic carbocycles. The van der Waals surface area contributed by atoms with Crippen LogP contribution in [0.5, 0.6) is 0 Å². The molecule has 2 heterocycles. The third-order valence-corrected chi connectivity index (χ3v) is 6.18. The fourth-order valence-corrected chi connectivity index (χ4v) is 4.22. The van der Waals surface area contributed by atoms with E-state index in [1.54, 1.807) is 25.1 Å². The van der Waals surface area contributed by atoms with E-state index in [-0.39, 0.29) is 5.57 Å². The number of carbonyl (C=O) groups is 1. The number of nitriles is 1. The van der Waals surface area contributed by atoms with Crippen molar-refractivity contribution in [2.24, 2.45) is 0 Å². The maximum absolute atomic E-state index is 13.0. The first-order valence-corrected chi connectivity index (χ1v) is 10.8. The molecular weight excluding hydrogens is 443 g/mol. The topological polar surface area (TPSA) is 63.6 Å². The number of aromatic nitrogens is 3. The van der Waals surface area contributed by atoms with E-state index in [0.29, 0.717) is 22.3 Å². The summed E-state index contributed by atoms with van der Waals surface area (Å²) in [5, 5.41) is 16.0.